The molecule has 4 rings (SSSR count). The summed E-state index contributed by atoms with van der Waals surface area (Å²) in [5.41, 5.74) is 1.50. The Morgan fingerprint density at radius 3 is 2.60 bits per heavy atom. The second kappa shape index (κ2) is 8.56. The second-order valence-electron chi connectivity index (χ2n) is 6.41. The molecule has 0 bridgehead atoms. The maximum absolute atomic E-state index is 12.6. The van der Waals surface area contributed by atoms with Crippen molar-refractivity contribution in [1.29, 1.82) is 0 Å². The summed E-state index contributed by atoms with van der Waals surface area (Å²) in [6, 6.07) is 16.1. The van der Waals surface area contributed by atoms with Crippen molar-refractivity contribution >= 4 is 29.2 Å². The van der Waals surface area contributed by atoms with Crippen LogP contribution in [0.2, 0.25) is 0 Å². The summed E-state index contributed by atoms with van der Waals surface area (Å²) in [5, 5.41) is 15.8. The number of ether oxygens (including phenoxy) is 1. The lowest BCUT2D eigenvalue weighted by atomic mass is 10.1. The van der Waals surface area contributed by atoms with Gasteiger partial charge in [0.2, 0.25) is 11.8 Å². The van der Waals surface area contributed by atoms with E-state index in [0.29, 0.717) is 17.9 Å². The van der Waals surface area contributed by atoms with Crippen LogP contribution in [0.25, 0.3) is 11.5 Å². The van der Waals surface area contributed by atoms with Crippen LogP contribution in [0.5, 0.6) is 5.75 Å². The number of nitrogens with one attached hydrogen (secondary N) is 1. The number of nitrogens with zero attached hydrogens (tertiary/aromatic N) is 4. The van der Waals surface area contributed by atoms with E-state index in [1.807, 2.05) is 13.0 Å². The molecule has 1 aliphatic heterocycles. The van der Waals surface area contributed by atoms with Gasteiger partial charge in [-0.25, -0.2) is 5.01 Å². The number of hydrogen-bond acceptors (Lipinski definition) is 7. The molecule has 0 saturated heterocycles. The molecule has 0 atom stereocenters. The first-order valence-electron chi connectivity index (χ1n) is 9.47. The number of hydrazone groups is 1. The number of benzene rings is 2. The topological polar surface area (TPSA) is 110 Å². The predicted octanol–water partition coefficient (Wildman–Crippen LogP) is 3.26. The normalized spacial score (nSPS) is 13.7. The summed E-state index contributed by atoms with van der Waals surface area (Å²) >= 11 is 0. The van der Waals surface area contributed by atoms with Gasteiger partial charge in [0.25, 0.3) is 5.91 Å². The SMILES string of the molecule is CCOc1ccc(-c2nnc(NC(=O)C3=NN(c4ccccc4)C(=O)CC3)o2)cc1. The second-order valence-corrected chi connectivity index (χ2v) is 6.41. The van der Waals surface area contributed by atoms with Crippen LogP contribution in [0.1, 0.15) is 19.8 Å². The van der Waals surface area contributed by atoms with Crippen LogP contribution in [0.15, 0.2) is 64.1 Å². The van der Waals surface area contributed by atoms with Gasteiger partial charge in [-0.3, -0.25) is 14.9 Å². The fourth-order valence-electron chi connectivity index (χ4n) is 2.91. The van der Waals surface area contributed by atoms with Crippen LogP contribution in [0.3, 0.4) is 0 Å². The fraction of sp³-hybridized carbons (Fsp3) is 0.190. The van der Waals surface area contributed by atoms with E-state index in [4.69, 9.17) is 9.15 Å². The Morgan fingerprint density at radius 1 is 1.10 bits per heavy atom. The molecular formula is C21H19N5O4. The summed E-state index contributed by atoms with van der Waals surface area (Å²) in [6.45, 7) is 2.49. The van der Waals surface area contributed by atoms with Gasteiger partial charge in [-0.2, -0.15) is 5.10 Å². The number of rotatable bonds is 6. The Bertz CT molecular complexity index is 1080. The van der Waals surface area contributed by atoms with Crippen molar-refractivity contribution in [3.8, 4) is 17.2 Å². The number of hydrogen-bond donors (Lipinski definition) is 1. The minimum atomic E-state index is -0.495. The highest BCUT2D eigenvalue weighted by atomic mass is 16.5. The third kappa shape index (κ3) is 4.19. The van der Waals surface area contributed by atoms with Crippen LogP contribution >= 0.6 is 0 Å². The van der Waals surface area contributed by atoms with E-state index in [9.17, 15) is 9.59 Å². The molecule has 0 unspecified atom stereocenters. The van der Waals surface area contributed by atoms with Crippen LogP contribution in [-0.2, 0) is 9.59 Å². The largest absolute Gasteiger partial charge is 0.494 e. The summed E-state index contributed by atoms with van der Waals surface area (Å²) in [5.74, 6) is 0.334. The van der Waals surface area contributed by atoms with E-state index in [-0.39, 0.29) is 36.4 Å². The van der Waals surface area contributed by atoms with Crippen molar-refractivity contribution in [1.82, 2.24) is 10.2 Å². The van der Waals surface area contributed by atoms with Gasteiger partial charge >= 0.3 is 6.01 Å². The smallest absolute Gasteiger partial charge is 0.322 e. The van der Waals surface area contributed by atoms with Gasteiger partial charge in [-0.15, -0.1) is 5.10 Å². The quantitative estimate of drug-likeness (QED) is 0.674. The number of aromatic nitrogens is 2. The number of amides is 2. The van der Waals surface area contributed by atoms with Crippen LogP contribution < -0.4 is 15.1 Å². The molecule has 30 heavy (non-hydrogen) atoms. The third-order valence-corrected chi connectivity index (χ3v) is 4.35. The zero-order chi connectivity index (χ0) is 20.9. The molecule has 2 heterocycles. The van der Waals surface area contributed by atoms with Gasteiger partial charge in [-0.1, -0.05) is 23.3 Å². The van der Waals surface area contributed by atoms with Gasteiger partial charge in [0.1, 0.15) is 11.5 Å². The molecule has 0 aliphatic carbocycles. The Kier molecular flexibility index (Phi) is 5.51. The van der Waals surface area contributed by atoms with E-state index >= 15 is 0 Å². The number of para-hydroxylation sites is 1. The lowest BCUT2D eigenvalue weighted by molar-refractivity contribution is -0.118. The average Bonchev–Trinajstić information content (AvgIpc) is 3.24. The van der Waals surface area contributed by atoms with E-state index in [1.54, 1.807) is 48.5 Å². The summed E-state index contributed by atoms with van der Waals surface area (Å²) in [6.07, 6.45) is 0.413. The third-order valence-electron chi connectivity index (χ3n) is 4.35. The van der Waals surface area contributed by atoms with Gasteiger partial charge < -0.3 is 9.15 Å². The Balaban J connectivity index is 1.47. The minimum absolute atomic E-state index is 0.0465. The van der Waals surface area contributed by atoms with Gasteiger partial charge in [0.15, 0.2) is 0 Å². The lowest BCUT2D eigenvalue weighted by Crippen LogP contribution is -2.36. The summed E-state index contributed by atoms with van der Waals surface area (Å²) in [4.78, 5) is 24.8. The highest BCUT2D eigenvalue weighted by Gasteiger charge is 2.26. The Hall–Kier alpha value is -4.01. The molecule has 0 saturated carbocycles. The molecule has 1 aliphatic rings. The van der Waals surface area contributed by atoms with E-state index < -0.39 is 5.91 Å². The Labute approximate surface area is 172 Å². The predicted molar refractivity (Wildman–Crippen MR) is 110 cm³/mol. The fourth-order valence-corrected chi connectivity index (χ4v) is 2.91. The molecule has 0 fully saturated rings. The molecular weight excluding hydrogens is 386 g/mol. The Morgan fingerprint density at radius 2 is 1.87 bits per heavy atom. The van der Waals surface area contributed by atoms with Crippen molar-refractivity contribution in [3.05, 3.63) is 54.6 Å². The maximum Gasteiger partial charge on any atom is 0.322 e. The first kappa shape index (κ1) is 19.3. The van der Waals surface area contributed by atoms with E-state index in [0.717, 1.165) is 5.75 Å². The first-order valence-corrected chi connectivity index (χ1v) is 9.47. The van der Waals surface area contributed by atoms with Crippen LogP contribution in [-0.4, -0.2) is 34.3 Å². The van der Waals surface area contributed by atoms with Gasteiger partial charge in [0.05, 0.1) is 12.3 Å². The minimum Gasteiger partial charge on any atom is -0.494 e. The first-order chi connectivity index (χ1) is 14.6. The zero-order valence-corrected chi connectivity index (χ0v) is 16.2. The highest BCUT2D eigenvalue weighted by molar-refractivity contribution is 6.43. The molecule has 1 aromatic heterocycles. The standard InChI is InChI=1S/C21H19N5O4/c1-2-29-16-10-8-14(9-11-16)20-23-24-21(30-20)22-19(28)17-12-13-18(27)26(25-17)15-6-4-3-5-7-15/h3-11H,2,12-13H2,1H3,(H,22,24,28). The van der Waals surface area contributed by atoms with E-state index in [1.165, 1.54) is 5.01 Å². The lowest BCUT2D eigenvalue weighted by Gasteiger charge is -2.22. The number of carbonyl (C=O) groups excluding carboxylic acids is 2. The zero-order valence-electron chi connectivity index (χ0n) is 16.2. The van der Waals surface area contributed by atoms with Gasteiger partial charge in [-0.05, 0) is 43.3 Å². The van der Waals surface area contributed by atoms with Crippen molar-refractivity contribution < 1.29 is 18.7 Å². The highest BCUT2D eigenvalue weighted by Crippen LogP contribution is 2.23. The van der Waals surface area contributed by atoms with Crippen molar-refractivity contribution in [2.45, 2.75) is 19.8 Å². The molecule has 2 amide bonds. The van der Waals surface area contributed by atoms with Gasteiger partial charge in [0, 0.05) is 18.4 Å². The summed E-state index contributed by atoms with van der Waals surface area (Å²) in [7, 11) is 0. The number of carbonyl (C=O) groups is 2. The molecule has 0 spiro atoms. The van der Waals surface area contributed by atoms with E-state index in [2.05, 4.69) is 20.6 Å². The van der Waals surface area contributed by atoms with Crippen molar-refractivity contribution in [3.63, 3.8) is 0 Å². The van der Waals surface area contributed by atoms with Crippen LogP contribution in [0.4, 0.5) is 11.7 Å². The van der Waals surface area contributed by atoms with Crippen molar-refractivity contribution in [2.75, 3.05) is 16.9 Å². The molecule has 152 valence electrons. The van der Waals surface area contributed by atoms with Crippen molar-refractivity contribution in [2.24, 2.45) is 5.10 Å². The van der Waals surface area contributed by atoms with Crippen LogP contribution in [0, 0.1) is 0 Å². The molecule has 0 radical (unpaired) electrons. The average molecular weight is 405 g/mol. The molecule has 3 aromatic rings. The molecule has 1 N–H and O–H groups in total. The monoisotopic (exact) mass is 405 g/mol. The molecule has 9 nitrogen and oxygen atoms in total. The molecule has 2 aromatic carbocycles. The number of anilines is 2. The molecule has 9 heteroatoms. The maximum atomic E-state index is 12.6. The summed E-state index contributed by atoms with van der Waals surface area (Å²) < 4.78 is 10.9.